The predicted octanol–water partition coefficient (Wildman–Crippen LogP) is 3.74. The van der Waals surface area contributed by atoms with Crippen LogP contribution in [0, 0.1) is 5.92 Å². The first kappa shape index (κ1) is 17.3. The molecule has 1 saturated carbocycles. The summed E-state index contributed by atoms with van der Waals surface area (Å²) in [6, 6.07) is 9.05. The molecule has 0 bridgehead atoms. The van der Waals surface area contributed by atoms with Crippen molar-refractivity contribution in [2.75, 3.05) is 13.1 Å². The summed E-state index contributed by atoms with van der Waals surface area (Å²) in [6.07, 6.45) is 4.20. The fraction of sp³-hybridized carbons (Fsp3) is 0.650. The highest BCUT2D eigenvalue weighted by Gasteiger charge is 2.29. The van der Waals surface area contributed by atoms with Crippen LogP contribution in [0.5, 0.6) is 0 Å². The van der Waals surface area contributed by atoms with Gasteiger partial charge in [-0.3, -0.25) is 4.90 Å². The smallest absolute Gasteiger partial charge is 0.407 e. The summed E-state index contributed by atoms with van der Waals surface area (Å²) in [5.41, 5.74) is 2.55. The zero-order chi connectivity index (χ0) is 17.2. The van der Waals surface area contributed by atoms with Crippen molar-refractivity contribution >= 4 is 6.09 Å². The summed E-state index contributed by atoms with van der Waals surface area (Å²) < 4.78 is 5.36. The molecule has 0 aromatic heterocycles. The van der Waals surface area contributed by atoms with E-state index >= 15 is 0 Å². The van der Waals surface area contributed by atoms with Gasteiger partial charge >= 0.3 is 6.09 Å². The third-order valence-electron chi connectivity index (χ3n) is 4.99. The fourth-order valence-corrected chi connectivity index (χ4v) is 3.92. The minimum Gasteiger partial charge on any atom is -0.444 e. The lowest BCUT2D eigenvalue weighted by molar-refractivity contribution is 0.0504. The molecular weight excluding hydrogens is 300 g/mol. The first-order valence-electron chi connectivity index (χ1n) is 9.18. The van der Waals surface area contributed by atoms with Crippen molar-refractivity contribution in [1.82, 2.24) is 10.2 Å². The van der Waals surface area contributed by atoms with Crippen LogP contribution in [0.15, 0.2) is 24.3 Å². The molecule has 1 aromatic rings. The number of benzene rings is 1. The minimum absolute atomic E-state index is 0.266. The second-order valence-electron chi connectivity index (χ2n) is 8.28. The Hall–Kier alpha value is -1.55. The highest BCUT2D eigenvalue weighted by atomic mass is 16.6. The Morgan fingerprint density at radius 2 is 2.00 bits per heavy atom. The van der Waals surface area contributed by atoms with Crippen molar-refractivity contribution in [2.24, 2.45) is 5.92 Å². The number of hydrogen-bond acceptors (Lipinski definition) is 3. The lowest BCUT2D eigenvalue weighted by atomic mass is 9.98. The Balaban J connectivity index is 1.45. The van der Waals surface area contributed by atoms with Gasteiger partial charge in [0.2, 0.25) is 0 Å². The molecule has 4 nitrogen and oxygen atoms in total. The number of carbonyl (C=O) groups excluding carboxylic acids is 1. The van der Waals surface area contributed by atoms with Crippen LogP contribution in [0.3, 0.4) is 0 Å². The summed E-state index contributed by atoms with van der Waals surface area (Å²) >= 11 is 0. The second-order valence-corrected chi connectivity index (χ2v) is 8.28. The van der Waals surface area contributed by atoms with Crippen LogP contribution in [0.4, 0.5) is 4.79 Å². The Kier molecular flexibility index (Phi) is 5.14. The van der Waals surface area contributed by atoms with Crippen molar-refractivity contribution in [3.8, 4) is 0 Å². The minimum atomic E-state index is -0.427. The molecule has 2 aliphatic rings. The number of carbonyl (C=O) groups is 1. The Bertz CT molecular complexity index is 579. The monoisotopic (exact) mass is 330 g/mol. The molecule has 1 amide bonds. The van der Waals surface area contributed by atoms with Gasteiger partial charge in [-0.15, -0.1) is 0 Å². The summed E-state index contributed by atoms with van der Waals surface area (Å²) in [7, 11) is 0. The number of ether oxygens (including phenoxy) is 1. The summed E-state index contributed by atoms with van der Waals surface area (Å²) in [6.45, 7) is 9.06. The van der Waals surface area contributed by atoms with Crippen molar-refractivity contribution in [3.63, 3.8) is 0 Å². The van der Waals surface area contributed by atoms with E-state index in [4.69, 9.17) is 4.74 Å². The normalized spacial score (nSPS) is 24.5. The Labute approximate surface area is 145 Å². The van der Waals surface area contributed by atoms with Gasteiger partial charge < -0.3 is 10.1 Å². The molecule has 0 unspecified atom stereocenters. The predicted molar refractivity (Wildman–Crippen MR) is 95.9 cm³/mol. The molecule has 1 aliphatic carbocycles. The van der Waals surface area contributed by atoms with E-state index < -0.39 is 5.60 Å². The number of hydrogen-bond donors (Lipinski definition) is 1. The van der Waals surface area contributed by atoms with Crippen LogP contribution in [0.1, 0.15) is 51.2 Å². The molecule has 0 saturated heterocycles. The molecule has 4 heteroatoms. The summed E-state index contributed by atoms with van der Waals surface area (Å²) in [5.74, 6) is 0.676. The highest BCUT2D eigenvalue weighted by molar-refractivity contribution is 5.68. The number of alkyl carbamates (subject to hydrolysis) is 1. The maximum absolute atomic E-state index is 11.9. The molecule has 1 N–H and O–H groups in total. The molecule has 0 spiro atoms. The molecule has 1 aliphatic heterocycles. The number of fused-ring (bicyclic) bond motifs is 1. The topological polar surface area (TPSA) is 41.6 Å². The molecule has 2 atom stereocenters. The largest absolute Gasteiger partial charge is 0.444 e. The van der Waals surface area contributed by atoms with Crippen LogP contribution >= 0.6 is 0 Å². The van der Waals surface area contributed by atoms with Gasteiger partial charge in [-0.25, -0.2) is 4.79 Å². The van der Waals surface area contributed by atoms with E-state index in [9.17, 15) is 4.79 Å². The third kappa shape index (κ3) is 4.73. The lowest BCUT2D eigenvalue weighted by Crippen LogP contribution is -2.38. The molecule has 3 rings (SSSR count). The molecule has 1 aromatic carbocycles. The van der Waals surface area contributed by atoms with E-state index in [-0.39, 0.29) is 12.1 Å². The average Bonchev–Trinajstić information content (AvgIpc) is 2.92. The van der Waals surface area contributed by atoms with Crippen LogP contribution < -0.4 is 5.32 Å². The van der Waals surface area contributed by atoms with Gasteiger partial charge in [0.1, 0.15) is 5.60 Å². The Morgan fingerprint density at radius 1 is 1.25 bits per heavy atom. The summed E-state index contributed by atoms with van der Waals surface area (Å²) in [5, 5.41) is 3.04. The first-order chi connectivity index (χ1) is 11.4. The molecule has 24 heavy (non-hydrogen) atoms. The lowest BCUT2D eigenvalue weighted by Gasteiger charge is -2.30. The van der Waals surface area contributed by atoms with Crippen molar-refractivity contribution in [2.45, 2.75) is 64.6 Å². The van der Waals surface area contributed by atoms with Gasteiger partial charge in [-0.2, -0.15) is 0 Å². The van der Waals surface area contributed by atoms with Crippen molar-refractivity contribution < 1.29 is 9.53 Å². The van der Waals surface area contributed by atoms with Crippen molar-refractivity contribution in [3.05, 3.63) is 35.4 Å². The number of nitrogens with one attached hydrogen (secondary N) is 1. The standard InChI is InChI=1S/C20H30N2O2/c1-20(2,3)24-19(23)21-18-9-8-15(12-18)13-22-11-10-16-6-4-5-7-17(16)14-22/h4-7,15,18H,8-14H2,1-3H3,(H,21,23)/t15-,18+/m0/s1. The molecular formula is C20H30N2O2. The molecule has 0 radical (unpaired) electrons. The molecule has 132 valence electrons. The Morgan fingerprint density at radius 3 is 2.75 bits per heavy atom. The first-order valence-corrected chi connectivity index (χ1v) is 9.18. The second kappa shape index (κ2) is 7.14. The third-order valence-corrected chi connectivity index (χ3v) is 4.99. The van der Waals surface area contributed by atoms with E-state index in [1.54, 1.807) is 0 Å². The number of rotatable bonds is 3. The van der Waals surface area contributed by atoms with Crippen LogP contribution in [-0.4, -0.2) is 35.7 Å². The van der Waals surface area contributed by atoms with Gasteiger partial charge in [-0.05, 0) is 63.5 Å². The number of amides is 1. The fourth-order valence-electron chi connectivity index (χ4n) is 3.92. The maximum Gasteiger partial charge on any atom is 0.407 e. The van der Waals surface area contributed by atoms with E-state index in [1.807, 2.05) is 20.8 Å². The van der Waals surface area contributed by atoms with Gasteiger partial charge in [-0.1, -0.05) is 24.3 Å². The van der Waals surface area contributed by atoms with Gasteiger partial charge in [0, 0.05) is 25.7 Å². The number of nitrogens with zero attached hydrogens (tertiary/aromatic N) is 1. The van der Waals surface area contributed by atoms with Crippen molar-refractivity contribution in [1.29, 1.82) is 0 Å². The van der Waals surface area contributed by atoms with E-state index in [0.29, 0.717) is 5.92 Å². The zero-order valence-corrected chi connectivity index (χ0v) is 15.2. The average molecular weight is 330 g/mol. The van der Waals surface area contributed by atoms with Gasteiger partial charge in [0.25, 0.3) is 0 Å². The van der Waals surface area contributed by atoms with Crippen LogP contribution in [0.2, 0.25) is 0 Å². The van der Waals surface area contributed by atoms with E-state index in [1.165, 1.54) is 17.5 Å². The SMILES string of the molecule is CC(C)(C)OC(=O)N[C@@H]1CC[C@H](CN2CCc3ccccc3C2)C1. The van der Waals surface area contributed by atoms with E-state index in [2.05, 4.69) is 34.5 Å². The van der Waals surface area contributed by atoms with Gasteiger partial charge in [0.05, 0.1) is 0 Å². The maximum atomic E-state index is 11.9. The highest BCUT2D eigenvalue weighted by Crippen LogP contribution is 2.28. The van der Waals surface area contributed by atoms with Gasteiger partial charge in [0.15, 0.2) is 0 Å². The van der Waals surface area contributed by atoms with E-state index in [0.717, 1.165) is 38.9 Å². The molecule has 1 heterocycles. The quantitative estimate of drug-likeness (QED) is 0.918. The van der Waals surface area contributed by atoms with Crippen LogP contribution in [-0.2, 0) is 17.7 Å². The van der Waals surface area contributed by atoms with Crippen LogP contribution in [0.25, 0.3) is 0 Å². The summed E-state index contributed by atoms with van der Waals surface area (Å²) in [4.78, 5) is 14.5. The zero-order valence-electron chi connectivity index (χ0n) is 15.2. The molecule has 1 fully saturated rings.